The zero-order valence-corrected chi connectivity index (χ0v) is 28.5. The Labute approximate surface area is 261 Å². The zero-order valence-electron chi connectivity index (χ0n) is 28.5. The number of carbonyl (C=O) groups is 3. The van der Waals surface area contributed by atoms with Crippen molar-refractivity contribution in [3.63, 3.8) is 0 Å². The monoisotopic (exact) mass is 590 g/mol. The highest BCUT2D eigenvalue weighted by Gasteiger charge is 2.59. The highest BCUT2D eigenvalue weighted by molar-refractivity contribution is 6.02. The average Bonchev–Trinajstić information content (AvgIpc) is 3.49. The van der Waals surface area contributed by atoms with E-state index in [2.05, 4.69) is 52.5 Å². The SMILES string of the molecule is CC(=O)/C=C1/[C@@]2(C)C=C(C#N)C(=O)[C@@H](C)[C@@H]2CC[C@@]1(C)[C@@]1(C)CCCC(C)(C)CC[C@](C)(CCC(=O)N2CCCC2)CC1. The van der Waals surface area contributed by atoms with Crippen molar-refractivity contribution in [3.8, 4) is 6.07 Å². The summed E-state index contributed by atoms with van der Waals surface area (Å²) >= 11 is 0. The minimum atomic E-state index is -0.514. The molecule has 0 aromatic rings. The van der Waals surface area contributed by atoms with Crippen LogP contribution in [0.4, 0.5) is 0 Å². The third-order valence-electron chi connectivity index (χ3n) is 13.1. The lowest BCUT2D eigenvalue weighted by molar-refractivity contribution is -0.130. The van der Waals surface area contributed by atoms with Crippen molar-refractivity contribution in [1.82, 2.24) is 4.90 Å². The second-order valence-electron chi connectivity index (χ2n) is 16.7. The number of carbonyl (C=O) groups excluding carboxylic acids is 3. The molecule has 2 saturated carbocycles. The molecule has 0 N–H and O–H groups in total. The van der Waals surface area contributed by atoms with Gasteiger partial charge in [0.25, 0.3) is 0 Å². The quantitative estimate of drug-likeness (QED) is 0.300. The van der Waals surface area contributed by atoms with Gasteiger partial charge in [0, 0.05) is 30.8 Å². The summed E-state index contributed by atoms with van der Waals surface area (Å²) in [5.41, 5.74) is 0.855. The summed E-state index contributed by atoms with van der Waals surface area (Å²) in [5, 5.41) is 9.92. The Morgan fingerprint density at radius 2 is 1.60 bits per heavy atom. The summed E-state index contributed by atoms with van der Waals surface area (Å²) in [5.74, 6) is 0.152. The first kappa shape index (κ1) is 33.7. The Balaban J connectivity index is 1.72. The second-order valence-corrected chi connectivity index (χ2v) is 16.7. The number of ketones is 2. The molecule has 3 aliphatic carbocycles. The van der Waals surface area contributed by atoms with Gasteiger partial charge in [-0.05, 0) is 111 Å². The van der Waals surface area contributed by atoms with E-state index in [-0.39, 0.29) is 50.6 Å². The van der Waals surface area contributed by atoms with Crippen LogP contribution in [0.2, 0.25) is 0 Å². The van der Waals surface area contributed by atoms with E-state index < -0.39 is 5.41 Å². The number of rotatable bonds is 5. The predicted molar refractivity (Wildman–Crippen MR) is 173 cm³/mol. The Morgan fingerprint density at radius 1 is 0.953 bits per heavy atom. The molecule has 0 aromatic carbocycles. The third-order valence-corrected chi connectivity index (χ3v) is 13.1. The summed E-state index contributed by atoms with van der Waals surface area (Å²) in [6, 6.07) is 2.20. The molecule has 0 radical (unpaired) electrons. The number of Topliss-reactive ketones (excluding diaryl/α,β-unsaturated/α-hetero) is 1. The molecule has 5 heteroatoms. The smallest absolute Gasteiger partial charge is 0.222 e. The van der Waals surface area contributed by atoms with Crippen molar-refractivity contribution in [3.05, 3.63) is 23.3 Å². The van der Waals surface area contributed by atoms with Gasteiger partial charge in [0.1, 0.15) is 6.07 Å². The third kappa shape index (κ3) is 6.60. The van der Waals surface area contributed by atoms with Crippen molar-refractivity contribution in [2.24, 2.45) is 38.9 Å². The number of allylic oxidation sites excluding steroid dienone is 4. The average molecular weight is 591 g/mol. The lowest BCUT2D eigenvalue weighted by Gasteiger charge is -2.60. The van der Waals surface area contributed by atoms with Crippen LogP contribution in [0.15, 0.2) is 23.3 Å². The standard InChI is InChI=1S/C38H58N2O3/c1-27(41)24-31-37(7)25-29(26-39)33(43)28(2)30(37)12-17-38(31,8)36(6)15-11-14-34(3,4)18-19-35(5,20-21-36)16-13-32(42)40-22-9-10-23-40/h24-25,28,30H,9-23H2,1-8H3/b31-24-/t28-,30-,35-,36-,37-,38+/m0/s1. The van der Waals surface area contributed by atoms with Crippen LogP contribution >= 0.6 is 0 Å². The molecular formula is C38H58N2O3. The largest absolute Gasteiger partial charge is 0.343 e. The highest BCUT2D eigenvalue weighted by atomic mass is 16.2. The van der Waals surface area contributed by atoms with Crippen molar-refractivity contribution in [1.29, 1.82) is 5.26 Å². The molecule has 1 saturated heterocycles. The van der Waals surface area contributed by atoms with Crippen molar-refractivity contribution < 1.29 is 14.4 Å². The van der Waals surface area contributed by atoms with E-state index in [1.807, 2.05) is 19.1 Å². The predicted octanol–water partition coefficient (Wildman–Crippen LogP) is 8.78. The van der Waals surface area contributed by atoms with Crippen LogP contribution in [-0.2, 0) is 14.4 Å². The zero-order chi connectivity index (χ0) is 31.8. The number of likely N-dealkylation sites (tertiary alicyclic amines) is 1. The van der Waals surface area contributed by atoms with Gasteiger partial charge in [-0.1, -0.05) is 66.5 Å². The van der Waals surface area contributed by atoms with Crippen LogP contribution in [0.3, 0.4) is 0 Å². The highest BCUT2D eigenvalue weighted by Crippen LogP contribution is 2.66. The maximum absolute atomic E-state index is 13.1. The van der Waals surface area contributed by atoms with Gasteiger partial charge in [0.05, 0.1) is 5.57 Å². The maximum atomic E-state index is 13.1. The fourth-order valence-electron chi connectivity index (χ4n) is 9.54. The fraction of sp³-hybridized carbons (Fsp3) is 0.789. The molecule has 5 nitrogen and oxygen atoms in total. The normalized spacial score (nSPS) is 39.5. The van der Waals surface area contributed by atoms with E-state index in [4.69, 9.17) is 0 Å². The Bertz CT molecular complexity index is 1220. The number of nitrogens with zero attached hydrogens (tertiary/aromatic N) is 2. The molecule has 1 aliphatic heterocycles. The van der Waals surface area contributed by atoms with E-state index in [1.165, 1.54) is 6.42 Å². The van der Waals surface area contributed by atoms with Crippen LogP contribution in [-0.4, -0.2) is 35.5 Å². The van der Waals surface area contributed by atoms with Gasteiger partial charge in [0.15, 0.2) is 11.6 Å². The van der Waals surface area contributed by atoms with E-state index in [0.717, 1.165) is 89.3 Å². The molecule has 43 heavy (non-hydrogen) atoms. The van der Waals surface area contributed by atoms with Gasteiger partial charge in [-0.15, -0.1) is 0 Å². The topological polar surface area (TPSA) is 78.2 Å². The van der Waals surface area contributed by atoms with E-state index in [0.29, 0.717) is 12.3 Å². The van der Waals surface area contributed by atoms with Gasteiger partial charge < -0.3 is 4.90 Å². The molecule has 3 fully saturated rings. The summed E-state index contributed by atoms with van der Waals surface area (Å²) in [6.07, 6.45) is 17.2. The lowest BCUT2D eigenvalue weighted by Crippen LogP contribution is -2.53. The molecule has 0 spiro atoms. The van der Waals surface area contributed by atoms with Crippen LogP contribution in [0.25, 0.3) is 0 Å². The molecular weight excluding hydrogens is 532 g/mol. The van der Waals surface area contributed by atoms with Gasteiger partial charge in [-0.25, -0.2) is 0 Å². The van der Waals surface area contributed by atoms with Crippen LogP contribution in [0, 0.1) is 50.2 Å². The van der Waals surface area contributed by atoms with Gasteiger partial charge >= 0.3 is 0 Å². The Kier molecular flexibility index (Phi) is 9.62. The van der Waals surface area contributed by atoms with Crippen molar-refractivity contribution in [2.75, 3.05) is 13.1 Å². The van der Waals surface area contributed by atoms with Crippen molar-refractivity contribution in [2.45, 2.75) is 139 Å². The summed E-state index contributed by atoms with van der Waals surface area (Å²) in [4.78, 5) is 41.2. The van der Waals surface area contributed by atoms with E-state index >= 15 is 0 Å². The number of nitriles is 1. The van der Waals surface area contributed by atoms with Gasteiger partial charge in [-0.3, -0.25) is 14.4 Å². The van der Waals surface area contributed by atoms with Crippen LogP contribution < -0.4 is 0 Å². The minimum Gasteiger partial charge on any atom is -0.343 e. The van der Waals surface area contributed by atoms with Crippen molar-refractivity contribution >= 4 is 17.5 Å². The summed E-state index contributed by atoms with van der Waals surface area (Å²) in [7, 11) is 0. The molecule has 0 unspecified atom stereocenters. The molecule has 1 heterocycles. The molecule has 1 amide bonds. The fourth-order valence-corrected chi connectivity index (χ4v) is 9.54. The lowest BCUT2D eigenvalue weighted by atomic mass is 9.43. The molecule has 238 valence electrons. The first-order chi connectivity index (χ1) is 20.0. The number of fused-ring (bicyclic) bond motifs is 1. The van der Waals surface area contributed by atoms with E-state index in [9.17, 15) is 19.6 Å². The first-order valence-corrected chi connectivity index (χ1v) is 17.2. The number of hydrogen-bond donors (Lipinski definition) is 0. The molecule has 4 rings (SSSR count). The number of amides is 1. The Hall–Kier alpha value is -2.22. The summed E-state index contributed by atoms with van der Waals surface area (Å²) < 4.78 is 0. The van der Waals surface area contributed by atoms with Crippen LogP contribution in [0.1, 0.15) is 139 Å². The summed E-state index contributed by atoms with van der Waals surface area (Å²) in [6.45, 7) is 19.7. The number of hydrogen-bond acceptors (Lipinski definition) is 4. The van der Waals surface area contributed by atoms with E-state index in [1.54, 1.807) is 6.92 Å². The van der Waals surface area contributed by atoms with Gasteiger partial charge in [-0.2, -0.15) is 5.26 Å². The van der Waals surface area contributed by atoms with Gasteiger partial charge in [0.2, 0.25) is 5.91 Å². The minimum absolute atomic E-state index is 0.0365. The second kappa shape index (κ2) is 12.3. The molecule has 0 bridgehead atoms. The molecule has 6 atom stereocenters. The molecule has 0 aromatic heterocycles. The Morgan fingerprint density at radius 3 is 2.23 bits per heavy atom. The first-order valence-electron chi connectivity index (χ1n) is 17.2. The van der Waals surface area contributed by atoms with Crippen LogP contribution in [0.5, 0.6) is 0 Å². The maximum Gasteiger partial charge on any atom is 0.222 e. The molecule has 4 aliphatic rings.